The lowest BCUT2D eigenvalue weighted by Crippen LogP contribution is -2.50. The van der Waals surface area contributed by atoms with E-state index in [0.29, 0.717) is 30.2 Å². The van der Waals surface area contributed by atoms with Crippen LogP contribution >= 0.6 is 11.6 Å². The van der Waals surface area contributed by atoms with Crippen LogP contribution in [0.1, 0.15) is 12.0 Å². The van der Waals surface area contributed by atoms with Gasteiger partial charge in [-0.25, -0.2) is 13.2 Å². The molecular weight excluding hydrogens is 438 g/mol. The molecule has 166 valence electrons. The fourth-order valence-electron chi connectivity index (χ4n) is 4.02. The molecule has 2 heterocycles. The first-order valence-electron chi connectivity index (χ1n) is 10.3. The number of piperazine rings is 1. The number of aryl methyl sites for hydroxylation is 1. The minimum Gasteiger partial charge on any atom is -0.447 e. The second kappa shape index (κ2) is 9.06. The number of fused-ring (bicyclic) bond motifs is 1. The van der Waals surface area contributed by atoms with Gasteiger partial charge in [-0.2, -0.15) is 0 Å². The molecule has 0 N–H and O–H groups in total. The number of halogens is 1. The van der Waals surface area contributed by atoms with Crippen molar-refractivity contribution >= 4 is 33.4 Å². The van der Waals surface area contributed by atoms with Crippen LogP contribution < -0.4 is 4.31 Å². The van der Waals surface area contributed by atoms with Gasteiger partial charge in [0.05, 0.1) is 16.6 Å². The summed E-state index contributed by atoms with van der Waals surface area (Å²) in [6.07, 6.45) is 0.898. The number of carbonyl (C=O) groups excluding carboxylic acids is 1. The second-order valence-corrected chi connectivity index (χ2v) is 10.2. The normalized spacial score (nSPS) is 19.7. The van der Waals surface area contributed by atoms with Gasteiger partial charge in [0.25, 0.3) is 10.0 Å². The molecular formula is C22H26ClN3O4S. The molecule has 0 spiro atoms. The van der Waals surface area contributed by atoms with Gasteiger partial charge in [0, 0.05) is 31.2 Å². The van der Waals surface area contributed by atoms with E-state index >= 15 is 0 Å². The lowest BCUT2D eigenvalue weighted by molar-refractivity contribution is 0.0772. The molecule has 0 saturated carbocycles. The molecule has 1 unspecified atom stereocenters. The molecule has 2 aliphatic rings. The van der Waals surface area contributed by atoms with E-state index in [-0.39, 0.29) is 11.5 Å². The maximum absolute atomic E-state index is 13.6. The van der Waals surface area contributed by atoms with E-state index in [1.165, 1.54) is 16.4 Å². The zero-order valence-corrected chi connectivity index (χ0v) is 19.0. The summed E-state index contributed by atoms with van der Waals surface area (Å²) in [5, 5.41) is 0.468. The summed E-state index contributed by atoms with van der Waals surface area (Å²) < 4.78 is 34.2. The molecule has 0 aliphatic carbocycles. The molecule has 4 rings (SSSR count). The highest BCUT2D eigenvalue weighted by atomic mass is 35.5. The predicted octanol–water partition coefficient (Wildman–Crippen LogP) is 3.23. The van der Waals surface area contributed by atoms with Crippen molar-refractivity contribution in [3.63, 3.8) is 0 Å². The summed E-state index contributed by atoms with van der Waals surface area (Å²) in [5.74, 6) is 0. The summed E-state index contributed by atoms with van der Waals surface area (Å²) in [6.45, 7) is 2.81. The first-order chi connectivity index (χ1) is 14.9. The SMILES string of the molecule is CN1CCN(C(=O)OCC2CCc3ccccc3N2S(=O)(=O)c2ccc(Cl)cc2)CC1. The third kappa shape index (κ3) is 4.66. The Morgan fingerprint density at radius 1 is 1.06 bits per heavy atom. The van der Waals surface area contributed by atoms with Crippen LogP contribution in [0.25, 0.3) is 0 Å². The Balaban J connectivity index is 1.58. The Hall–Kier alpha value is -2.29. The topological polar surface area (TPSA) is 70.2 Å². The van der Waals surface area contributed by atoms with E-state index in [1.807, 2.05) is 25.2 Å². The van der Waals surface area contributed by atoms with Gasteiger partial charge in [-0.3, -0.25) is 4.31 Å². The number of rotatable bonds is 4. The summed E-state index contributed by atoms with van der Waals surface area (Å²) in [4.78, 5) is 16.5. The lowest BCUT2D eigenvalue weighted by atomic mass is 9.98. The number of amides is 1. The van der Waals surface area contributed by atoms with Crippen molar-refractivity contribution in [2.75, 3.05) is 44.1 Å². The first kappa shape index (κ1) is 21.9. The van der Waals surface area contributed by atoms with Crippen molar-refractivity contribution in [1.29, 1.82) is 0 Å². The van der Waals surface area contributed by atoms with Gasteiger partial charge in [-0.1, -0.05) is 29.8 Å². The molecule has 2 aromatic rings. The number of sulfonamides is 1. The van der Waals surface area contributed by atoms with Gasteiger partial charge in [0.15, 0.2) is 0 Å². The van der Waals surface area contributed by atoms with Crippen LogP contribution in [-0.2, 0) is 21.2 Å². The third-order valence-electron chi connectivity index (χ3n) is 5.84. The number of hydrogen-bond acceptors (Lipinski definition) is 5. The Kier molecular flexibility index (Phi) is 6.41. The van der Waals surface area contributed by atoms with Crippen LogP contribution in [0.5, 0.6) is 0 Å². The van der Waals surface area contributed by atoms with Gasteiger partial charge in [-0.15, -0.1) is 0 Å². The molecule has 1 amide bonds. The van der Waals surface area contributed by atoms with Crippen molar-refractivity contribution in [2.45, 2.75) is 23.8 Å². The van der Waals surface area contributed by atoms with E-state index in [9.17, 15) is 13.2 Å². The summed E-state index contributed by atoms with van der Waals surface area (Å²) >= 11 is 5.95. The van der Waals surface area contributed by atoms with Crippen LogP contribution in [0.4, 0.5) is 10.5 Å². The molecule has 2 aromatic carbocycles. The molecule has 0 aromatic heterocycles. The van der Waals surface area contributed by atoms with E-state index in [1.54, 1.807) is 23.1 Å². The summed E-state index contributed by atoms with van der Waals surface area (Å²) in [7, 11) is -1.84. The van der Waals surface area contributed by atoms with Gasteiger partial charge in [-0.05, 0) is 55.8 Å². The average molecular weight is 464 g/mol. The molecule has 31 heavy (non-hydrogen) atoms. The Bertz CT molecular complexity index is 1040. The summed E-state index contributed by atoms with van der Waals surface area (Å²) in [5.41, 5.74) is 1.59. The molecule has 1 fully saturated rings. The number of carbonyl (C=O) groups is 1. The molecule has 2 aliphatic heterocycles. The number of likely N-dealkylation sites (N-methyl/N-ethyl adjacent to an activating group) is 1. The van der Waals surface area contributed by atoms with Crippen LogP contribution in [0, 0.1) is 0 Å². The van der Waals surface area contributed by atoms with Gasteiger partial charge < -0.3 is 14.5 Å². The zero-order valence-electron chi connectivity index (χ0n) is 17.4. The van der Waals surface area contributed by atoms with Gasteiger partial charge >= 0.3 is 6.09 Å². The Morgan fingerprint density at radius 3 is 2.45 bits per heavy atom. The maximum Gasteiger partial charge on any atom is 0.409 e. The number of hydrogen-bond donors (Lipinski definition) is 0. The predicted molar refractivity (Wildman–Crippen MR) is 120 cm³/mol. The fraction of sp³-hybridized carbons (Fsp3) is 0.409. The summed E-state index contributed by atoms with van der Waals surface area (Å²) in [6, 6.07) is 13.1. The van der Waals surface area contributed by atoms with Gasteiger partial charge in [0.2, 0.25) is 0 Å². The minimum atomic E-state index is -3.86. The van der Waals surface area contributed by atoms with E-state index in [2.05, 4.69) is 4.90 Å². The monoisotopic (exact) mass is 463 g/mol. The largest absolute Gasteiger partial charge is 0.447 e. The van der Waals surface area contributed by atoms with E-state index in [0.717, 1.165) is 25.1 Å². The average Bonchev–Trinajstić information content (AvgIpc) is 2.77. The Labute approximate surface area is 188 Å². The van der Waals surface area contributed by atoms with Crippen molar-refractivity contribution < 1.29 is 17.9 Å². The lowest BCUT2D eigenvalue weighted by Gasteiger charge is -2.38. The standard InChI is InChI=1S/C22H26ClN3O4S/c1-24-12-14-25(15-13-24)22(27)30-16-19-9-6-17-4-2-3-5-21(17)26(19)31(28,29)20-10-7-18(23)8-11-20/h2-5,7-8,10-11,19H,6,9,12-16H2,1H3. The van der Waals surface area contributed by atoms with Gasteiger partial charge in [0.1, 0.15) is 6.61 Å². The second-order valence-electron chi connectivity index (χ2n) is 7.94. The van der Waals surface area contributed by atoms with Crippen molar-refractivity contribution in [1.82, 2.24) is 9.80 Å². The van der Waals surface area contributed by atoms with Crippen molar-refractivity contribution in [2.24, 2.45) is 0 Å². The molecule has 1 atom stereocenters. The first-order valence-corrected chi connectivity index (χ1v) is 12.2. The van der Waals surface area contributed by atoms with Crippen molar-refractivity contribution in [3.8, 4) is 0 Å². The van der Waals surface area contributed by atoms with Crippen LogP contribution in [0.2, 0.25) is 5.02 Å². The van der Waals surface area contributed by atoms with Crippen LogP contribution in [0.3, 0.4) is 0 Å². The third-order valence-corrected chi connectivity index (χ3v) is 7.97. The quantitative estimate of drug-likeness (QED) is 0.696. The van der Waals surface area contributed by atoms with Crippen LogP contribution in [0.15, 0.2) is 53.4 Å². The number of anilines is 1. The smallest absolute Gasteiger partial charge is 0.409 e. The number of ether oxygens (including phenoxy) is 1. The maximum atomic E-state index is 13.6. The fourth-order valence-corrected chi connectivity index (χ4v) is 5.85. The number of nitrogens with zero attached hydrogens (tertiary/aromatic N) is 3. The van der Waals surface area contributed by atoms with Crippen LogP contribution in [-0.4, -0.2) is 70.2 Å². The minimum absolute atomic E-state index is 0.00628. The number of para-hydroxylation sites is 1. The highest BCUT2D eigenvalue weighted by Gasteiger charge is 2.37. The van der Waals surface area contributed by atoms with Crippen molar-refractivity contribution in [3.05, 3.63) is 59.1 Å². The molecule has 7 nitrogen and oxygen atoms in total. The molecule has 0 radical (unpaired) electrons. The molecule has 9 heteroatoms. The molecule has 0 bridgehead atoms. The highest BCUT2D eigenvalue weighted by molar-refractivity contribution is 7.92. The highest BCUT2D eigenvalue weighted by Crippen LogP contribution is 2.35. The van der Waals surface area contributed by atoms with E-state index < -0.39 is 22.2 Å². The molecule has 1 saturated heterocycles. The van der Waals surface area contributed by atoms with E-state index in [4.69, 9.17) is 16.3 Å². The Morgan fingerprint density at radius 2 is 1.74 bits per heavy atom. The zero-order chi connectivity index (χ0) is 22.0. The number of benzene rings is 2.